The largest absolute Gasteiger partial charge is 0.383 e. The molecule has 1 aliphatic rings. The van der Waals surface area contributed by atoms with Crippen LogP contribution >= 0.6 is 11.5 Å². The molecule has 0 aliphatic carbocycles. The Morgan fingerprint density at radius 1 is 1.41 bits per heavy atom. The summed E-state index contributed by atoms with van der Waals surface area (Å²) in [6.45, 7) is 0.887. The molecule has 1 saturated heterocycles. The lowest BCUT2D eigenvalue weighted by molar-refractivity contribution is 0.149. The Labute approximate surface area is 133 Å². The summed E-state index contributed by atoms with van der Waals surface area (Å²) in [5, 5.41) is 0.455. The third kappa shape index (κ3) is 2.50. The van der Waals surface area contributed by atoms with Gasteiger partial charge in [0.05, 0.1) is 21.6 Å². The lowest BCUT2D eigenvalue weighted by Crippen LogP contribution is -2.38. The van der Waals surface area contributed by atoms with E-state index in [0.717, 1.165) is 17.5 Å². The van der Waals surface area contributed by atoms with Gasteiger partial charge in [0, 0.05) is 26.7 Å². The number of methoxy groups -OCH3 is 1. The minimum Gasteiger partial charge on any atom is -0.383 e. The molecule has 0 saturated carbocycles. The lowest BCUT2D eigenvalue weighted by Gasteiger charge is -2.23. The number of aromatic nitrogens is 1. The van der Waals surface area contributed by atoms with Crippen LogP contribution in [0.4, 0.5) is 0 Å². The molecule has 1 aromatic carbocycles. The first kappa shape index (κ1) is 15.7. The van der Waals surface area contributed by atoms with E-state index in [0.29, 0.717) is 18.5 Å². The summed E-state index contributed by atoms with van der Waals surface area (Å²) in [6.07, 6.45) is 1.63. The monoisotopic (exact) mass is 342 g/mol. The zero-order valence-corrected chi connectivity index (χ0v) is 14.1. The Kier molecular flexibility index (Phi) is 4.11. The number of hydrogen-bond donors (Lipinski definition) is 0. The van der Waals surface area contributed by atoms with Crippen molar-refractivity contribution in [3.8, 4) is 0 Å². The van der Waals surface area contributed by atoms with Gasteiger partial charge >= 0.3 is 0 Å². The van der Waals surface area contributed by atoms with Gasteiger partial charge in [0.2, 0.25) is 10.0 Å². The number of nitrogens with zero attached hydrogens (tertiary/aromatic N) is 2. The van der Waals surface area contributed by atoms with Gasteiger partial charge in [-0.1, -0.05) is 11.5 Å². The molecule has 0 N–H and O–H groups in total. The van der Waals surface area contributed by atoms with Crippen LogP contribution in [-0.4, -0.2) is 43.0 Å². The van der Waals surface area contributed by atoms with Crippen molar-refractivity contribution in [2.24, 2.45) is 7.05 Å². The number of ether oxygens (including phenoxy) is 1. The standard InChI is InChI=1S/C14H18N2O4S2/c1-15-14(17)12-8-11(5-6-13(12)21-15)22(18,19)16-7-3-4-10(16)9-20-2/h5-6,8,10H,3-4,7,9H2,1-2H3. The first-order chi connectivity index (χ1) is 10.4. The molecule has 1 aromatic heterocycles. The molecule has 6 nitrogen and oxygen atoms in total. The van der Waals surface area contributed by atoms with Gasteiger partial charge in [-0.25, -0.2) is 8.42 Å². The molecule has 0 spiro atoms. The summed E-state index contributed by atoms with van der Waals surface area (Å²) in [7, 11) is -0.349. The van der Waals surface area contributed by atoms with Crippen LogP contribution in [0.5, 0.6) is 0 Å². The van der Waals surface area contributed by atoms with E-state index in [4.69, 9.17) is 4.74 Å². The zero-order chi connectivity index (χ0) is 15.9. The van der Waals surface area contributed by atoms with E-state index in [2.05, 4.69) is 0 Å². The Morgan fingerprint density at radius 2 is 2.18 bits per heavy atom. The quantitative estimate of drug-likeness (QED) is 0.842. The fourth-order valence-corrected chi connectivity index (χ4v) is 5.45. The molecular formula is C14H18N2O4S2. The van der Waals surface area contributed by atoms with E-state index in [-0.39, 0.29) is 16.5 Å². The predicted molar refractivity (Wildman–Crippen MR) is 85.9 cm³/mol. The SMILES string of the molecule is COCC1CCCN1S(=O)(=O)c1ccc2sn(C)c(=O)c2c1. The van der Waals surface area contributed by atoms with Crippen LogP contribution in [0.3, 0.4) is 0 Å². The Balaban J connectivity index is 2.05. The Bertz CT molecular complexity index is 853. The summed E-state index contributed by atoms with van der Waals surface area (Å²) in [5.74, 6) is 0. The Morgan fingerprint density at radius 3 is 2.91 bits per heavy atom. The van der Waals surface area contributed by atoms with Crippen LogP contribution in [-0.2, 0) is 21.8 Å². The van der Waals surface area contributed by atoms with E-state index >= 15 is 0 Å². The van der Waals surface area contributed by atoms with Gasteiger partial charge in [-0.3, -0.25) is 8.75 Å². The molecule has 2 heterocycles. The molecule has 1 atom stereocenters. The third-order valence-corrected chi connectivity index (χ3v) is 6.93. The highest BCUT2D eigenvalue weighted by Gasteiger charge is 2.35. The highest BCUT2D eigenvalue weighted by molar-refractivity contribution is 7.89. The number of aryl methyl sites for hydroxylation is 1. The highest BCUT2D eigenvalue weighted by atomic mass is 32.2. The highest BCUT2D eigenvalue weighted by Crippen LogP contribution is 2.28. The van der Waals surface area contributed by atoms with Crippen LogP contribution in [0.2, 0.25) is 0 Å². The summed E-state index contributed by atoms with van der Waals surface area (Å²) >= 11 is 1.31. The number of fused-ring (bicyclic) bond motifs is 1. The molecule has 1 fully saturated rings. The normalized spacial score (nSPS) is 20.0. The van der Waals surface area contributed by atoms with Crippen molar-refractivity contribution < 1.29 is 13.2 Å². The van der Waals surface area contributed by atoms with Gasteiger partial charge in [-0.2, -0.15) is 4.31 Å². The second kappa shape index (κ2) is 5.77. The average Bonchev–Trinajstić information content (AvgIpc) is 3.06. The van der Waals surface area contributed by atoms with E-state index < -0.39 is 10.0 Å². The van der Waals surface area contributed by atoms with Crippen LogP contribution in [0, 0.1) is 0 Å². The van der Waals surface area contributed by atoms with Crippen LogP contribution in [0.1, 0.15) is 12.8 Å². The van der Waals surface area contributed by atoms with Crippen LogP contribution in [0.15, 0.2) is 27.9 Å². The van der Waals surface area contributed by atoms with E-state index in [1.54, 1.807) is 26.3 Å². The maximum absolute atomic E-state index is 12.8. The number of rotatable bonds is 4. The summed E-state index contributed by atoms with van der Waals surface area (Å²) in [4.78, 5) is 12.2. The van der Waals surface area contributed by atoms with Gasteiger partial charge in [0.15, 0.2) is 0 Å². The van der Waals surface area contributed by atoms with Crippen molar-refractivity contribution in [2.75, 3.05) is 20.3 Å². The van der Waals surface area contributed by atoms with Crippen molar-refractivity contribution in [1.82, 2.24) is 8.26 Å². The average molecular weight is 342 g/mol. The summed E-state index contributed by atoms with van der Waals surface area (Å²) in [5.41, 5.74) is -0.160. The smallest absolute Gasteiger partial charge is 0.268 e. The van der Waals surface area contributed by atoms with Crippen LogP contribution in [0.25, 0.3) is 10.1 Å². The maximum Gasteiger partial charge on any atom is 0.268 e. The molecule has 0 radical (unpaired) electrons. The van der Waals surface area contributed by atoms with Crippen LogP contribution < -0.4 is 5.56 Å². The van der Waals surface area contributed by atoms with E-state index in [1.165, 1.54) is 25.9 Å². The second-order valence-electron chi connectivity index (χ2n) is 5.42. The van der Waals surface area contributed by atoms with Crippen molar-refractivity contribution in [3.63, 3.8) is 0 Å². The second-order valence-corrected chi connectivity index (χ2v) is 8.48. The summed E-state index contributed by atoms with van der Waals surface area (Å²) < 4.78 is 34.6. The fourth-order valence-electron chi connectivity index (χ4n) is 2.89. The third-order valence-electron chi connectivity index (χ3n) is 3.99. The maximum atomic E-state index is 12.8. The molecular weight excluding hydrogens is 324 g/mol. The van der Waals surface area contributed by atoms with Crippen molar-refractivity contribution in [1.29, 1.82) is 0 Å². The molecule has 22 heavy (non-hydrogen) atoms. The van der Waals surface area contributed by atoms with Crippen molar-refractivity contribution in [2.45, 2.75) is 23.8 Å². The number of hydrogen-bond acceptors (Lipinski definition) is 5. The van der Waals surface area contributed by atoms with Gasteiger partial charge in [-0.05, 0) is 31.0 Å². The van der Waals surface area contributed by atoms with Crippen molar-refractivity contribution >= 4 is 31.6 Å². The molecule has 1 aliphatic heterocycles. The Hall–Kier alpha value is -1.22. The molecule has 2 aromatic rings. The zero-order valence-electron chi connectivity index (χ0n) is 12.5. The molecule has 3 rings (SSSR count). The number of sulfonamides is 1. The first-order valence-electron chi connectivity index (χ1n) is 7.06. The van der Waals surface area contributed by atoms with Gasteiger partial charge in [0.25, 0.3) is 5.56 Å². The van der Waals surface area contributed by atoms with Gasteiger partial charge in [0.1, 0.15) is 0 Å². The minimum atomic E-state index is -3.60. The van der Waals surface area contributed by atoms with E-state index in [1.807, 2.05) is 0 Å². The van der Waals surface area contributed by atoms with Crippen molar-refractivity contribution in [3.05, 3.63) is 28.6 Å². The predicted octanol–water partition coefficient (Wildman–Crippen LogP) is 1.40. The fraction of sp³-hybridized carbons (Fsp3) is 0.500. The van der Waals surface area contributed by atoms with Gasteiger partial charge < -0.3 is 4.74 Å². The minimum absolute atomic E-state index is 0.129. The molecule has 0 bridgehead atoms. The number of benzene rings is 1. The topological polar surface area (TPSA) is 68.6 Å². The first-order valence-corrected chi connectivity index (χ1v) is 9.27. The molecule has 8 heteroatoms. The van der Waals surface area contributed by atoms with E-state index in [9.17, 15) is 13.2 Å². The van der Waals surface area contributed by atoms with Gasteiger partial charge in [-0.15, -0.1) is 0 Å². The molecule has 0 amide bonds. The summed E-state index contributed by atoms with van der Waals surface area (Å²) in [6, 6.07) is 4.65. The lowest BCUT2D eigenvalue weighted by atomic mass is 10.2. The molecule has 1 unspecified atom stereocenters. The molecule has 120 valence electrons.